The van der Waals surface area contributed by atoms with Crippen molar-refractivity contribution in [2.45, 2.75) is 58.0 Å². The lowest BCUT2D eigenvalue weighted by Gasteiger charge is -2.34. The van der Waals surface area contributed by atoms with Crippen LogP contribution in [0.2, 0.25) is 0 Å². The predicted molar refractivity (Wildman–Crippen MR) is 119 cm³/mol. The summed E-state index contributed by atoms with van der Waals surface area (Å²) in [5.74, 6) is 0.840. The zero-order valence-corrected chi connectivity index (χ0v) is 19.1. The number of carbonyl (C=O) groups is 2. The van der Waals surface area contributed by atoms with Crippen molar-refractivity contribution in [3.8, 4) is 0 Å². The highest BCUT2D eigenvalue weighted by molar-refractivity contribution is 5.88. The number of benzene rings is 1. The van der Waals surface area contributed by atoms with E-state index in [9.17, 15) is 14.0 Å². The molecule has 2 aliphatic heterocycles. The average Bonchev–Trinajstić information content (AvgIpc) is 3.27. The van der Waals surface area contributed by atoms with Crippen molar-refractivity contribution in [3.05, 3.63) is 52.7 Å². The molecule has 0 radical (unpaired) electrons. The smallest absolute Gasteiger partial charge is 0.233 e. The number of nitrogens with zero attached hydrogens (tertiary/aromatic N) is 4. The first-order valence-electron chi connectivity index (χ1n) is 11.1. The number of carbonyl (C=O) groups excluding carboxylic acids is 2. The molecule has 170 valence electrons. The number of nitrogens with one attached hydrogen (secondary N) is 1. The molecule has 0 unspecified atom stereocenters. The van der Waals surface area contributed by atoms with Crippen LogP contribution in [0, 0.1) is 5.82 Å². The Morgan fingerprint density at radius 3 is 2.62 bits per heavy atom. The fourth-order valence-electron chi connectivity index (χ4n) is 4.78. The highest BCUT2D eigenvalue weighted by atomic mass is 19.1. The summed E-state index contributed by atoms with van der Waals surface area (Å²) < 4.78 is 14.5. The third-order valence-corrected chi connectivity index (χ3v) is 6.65. The van der Waals surface area contributed by atoms with Crippen molar-refractivity contribution in [2.24, 2.45) is 0 Å². The molecule has 32 heavy (non-hydrogen) atoms. The zero-order chi connectivity index (χ0) is 23.0. The second-order valence-corrected chi connectivity index (χ2v) is 9.06. The molecule has 0 saturated carbocycles. The molecule has 1 saturated heterocycles. The van der Waals surface area contributed by atoms with Gasteiger partial charge in [0.2, 0.25) is 11.8 Å². The molecule has 2 amide bonds. The van der Waals surface area contributed by atoms with Crippen LogP contribution in [0.4, 0.5) is 10.2 Å². The van der Waals surface area contributed by atoms with E-state index in [1.807, 2.05) is 0 Å². The van der Waals surface area contributed by atoms with E-state index in [-0.39, 0.29) is 23.7 Å². The number of hydrogen-bond donors (Lipinski definition) is 1. The molecular weight excluding hydrogens is 409 g/mol. The normalized spacial score (nSPS) is 18.5. The van der Waals surface area contributed by atoms with E-state index < -0.39 is 5.41 Å². The Morgan fingerprint density at radius 2 is 1.94 bits per heavy atom. The maximum Gasteiger partial charge on any atom is 0.233 e. The van der Waals surface area contributed by atoms with Crippen LogP contribution in [0.25, 0.3) is 0 Å². The van der Waals surface area contributed by atoms with Gasteiger partial charge >= 0.3 is 0 Å². The van der Waals surface area contributed by atoms with Gasteiger partial charge in [-0.25, -0.2) is 14.4 Å². The van der Waals surface area contributed by atoms with Gasteiger partial charge in [-0.2, -0.15) is 0 Å². The SMILES string of the molecule is CNc1nc([C@H]2CCCN2C(=O)C(C)(C)c2ccccc2F)nc2c1CN(C(C)=O)CC2. The number of amides is 2. The van der Waals surface area contributed by atoms with Gasteiger partial charge in [0.25, 0.3) is 0 Å². The Labute approximate surface area is 188 Å². The lowest BCUT2D eigenvalue weighted by atomic mass is 9.82. The molecule has 0 bridgehead atoms. The van der Waals surface area contributed by atoms with Crippen molar-refractivity contribution in [2.75, 3.05) is 25.5 Å². The van der Waals surface area contributed by atoms with Crippen LogP contribution < -0.4 is 5.32 Å². The number of rotatable bonds is 4. The van der Waals surface area contributed by atoms with E-state index in [0.717, 1.165) is 24.1 Å². The fraction of sp³-hybridized carbons (Fsp3) is 0.500. The van der Waals surface area contributed by atoms with Gasteiger partial charge in [0, 0.05) is 44.6 Å². The molecule has 4 rings (SSSR count). The Hall–Kier alpha value is -3.03. The van der Waals surface area contributed by atoms with Crippen LogP contribution in [0.1, 0.15) is 62.3 Å². The van der Waals surface area contributed by atoms with Gasteiger partial charge in [-0.3, -0.25) is 9.59 Å². The largest absolute Gasteiger partial charge is 0.373 e. The molecule has 8 heteroatoms. The summed E-state index contributed by atoms with van der Waals surface area (Å²) in [5, 5.41) is 3.14. The highest BCUT2D eigenvalue weighted by Crippen LogP contribution is 2.37. The Kier molecular flexibility index (Phi) is 5.88. The molecule has 0 spiro atoms. The molecule has 1 aromatic heterocycles. The van der Waals surface area contributed by atoms with Gasteiger partial charge in [-0.05, 0) is 32.8 Å². The predicted octanol–water partition coefficient (Wildman–Crippen LogP) is 3.20. The van der Waals surface area contributed by atoms with E-state index in [4.69, 9.17) is 9.97 Å². The second kappa shape index (κ2) is 8.48. The van der Waals surface area contributed by atoms with Crippen molar-refractivity contribution in [1.82, 2.24) is 19.8 Å². The average molecular weight is 440 g/mol. The molecule has 0 aliphatic carbocycles. The third-order valence-electron chi connectivity index (χ3n) is 6.65. The molecule has 1 aromatic carbocycles. The Bertz CT molecular complexity index is 1040. The number of fused-ring (bicyclic) bond motifs is 1. The molecule has 1 fully saturated rings. The summed E-state index contributed by atoms with van der Waals surface area (Å²) in [6.07, 6.45) is 2.26. The van der Waals surface area contributed by atoms with E-state index in [0.29, 0.717) is 43.3 Å². The van der Waals surface area contributed by atoms with Crippen molar-refractivity contribution < 1.29 is 14.0 Å². The minimum Gasteiger partial charge on any atom is -0.373 e. The molecular formula is C24H30FN5O2. The molecule has 2 aliphatic rings. The van der Waals surface area contributed by atoms with E-state index in [1.165, 1.54) is 6.07 Å². The lowest BCUT2D eigenvalue weighted by Crippen LogP contribution is -2.44. The topological polar surface area (TPSA) is 78.4 Å². The number of hydrogen-bond acceptors (Lipinski definition) is 5. The number of likely N-dealkylation sites (tertiary alicyclic amines) is 1. The Balaban J connectivity index is 1.66. The Morgan fingerprint density at radius 1 is 1.19 bits per heavy atom. The minimum absolute atomic E-state index is 0.0321. The van der Waals surface area contributed by atoms with Crippen molar-refractivity contribution in [3.63, 3.8) is 0 Å². The van der Waals surface area contributed by atoms with Gasteiger partial charge in [0.05, 0.1) is 23.7 Å². The van der Waals surface area contributed by atoms with Crippen LogP contribution in [0.5, 0.6) is 0 Å². The maximum atomic E-state index is 14.5. The third kappa shape index (κ3) is 3.82. The quantitative estimate of drug-likeness (QED) is 0.792. The standard InChI is InChI=1S/C24H30FN5O2/c1-15(31)29-13-11-19-16(14-29)21(26-4)28-22(27-19)20-10-7-12-30(20)23(32)24(2,3)17-8-5-6-9-18(17)25/h5-6,8-9,20H,7,10-14H2,1-4H3,(H,26,27,28)/t20-/m1/s1. The molecule has 7 nitrogen and oxygen atoms in total. The van der Waals surface area contributed by atoms with Gasteiger partial charge in [-0.15, -0.1) is 0 Å². The first-order chi connectivity index (χ1) is 15.2. The minimum atomic E-state index is -1.00. The number of aromatic nitrogens is 2. The summed E-state index contributed by atoms with van der Waals surface area (Å²) in [4.78, 5) is 38.6. The van der Waals surface area contributed by atoms with Crippen LogP contribution in [0.15, 0.2) is 24.3 Å². The van der Waals surface area contributed by atoms with E-state index >= 15 is 0 Å². The lowest BCUT2D eigenvalue weighted by molar-refractivity contribution is -0.137. The first kappa shape index (κ1) is 22.2. The van der Waals surface area contributed by atoms with Gasteiger partial charge in [0.15, 0.2) is 5.82 Å². The highest BCUT2D eigenvalue weighted by Gasteiger charge is 2.42. The molecule has 3 heterocycles. The summed E-state index contributed by atoms with van der Waals surface area (Å²) in [6, 6.07) is 6.20. The summed E-state index contributed by atoms with van der Waals surface area (Å²) >= 11 is 0. The number of anilines is 1. The zero-order valence-electron chi connectivity index (χ0n) is 19.1. The van der Waals surface area contributed by atoms with Crippen LogP contribution in [-0.4, -0.2) is 51.7 Å². The van der Waals surface area contributed by atoms with E-state index in [2.05, 4.69) is 5.32 Å². The second-order valence-electron chi connectivity index (χ2n) is 9.06. The summed E-state index contributed by atoms with van der Waals surface area (Å²) in [7, 11) is 1.80. The van der Waals surface area contributed by atoms with Gasteiger partial charge in [-0.1, -0.05) is 18.2 Å². The monoisotopic (exact) mass is 439 g/mol. The van der Waals surface area contributed by atoms with Crippen molar-refractivity contribution in [1.29, 1.82) is 0 Å². The maximum absolute atomic E-state index is 14.5. The fourth-order valence-corrected chi connectivity index (χ4v) is 4.78. The molecule has 1 atom stereocenters. The van der Waals surface area contributed by atoms with Crippen LogP contribution >= 0.6 is 0 Å². The first-order valence-corrected chi connectivity index (χ1v) is 11.1. The van der Waals surface area contributed by atoms with Crippen LogP contribution in [0.3, 0.4) is 0 Å². The van der Waals surface area contributed by atoms with Gasteiger partial charge < -0.3 is 15.1 Å². The number of halogens is 1. The molecule has 1 N–H and O–H groups in total. The molecule has 2 aromatic rings. The summed E-state index contributed by atoms with van der Waals surface area (Å²) in [5.41, 5.74) is 1.24. The van der Waals surface area contributed by atoms with Crippen LogP contribution in [-0.2, 0) is 28.0 Å². The van der Waals surface area contributed by atoms with Gasteiger partial charge in [0.1, 0.15) is 11.6 Å². The van der Waals surface area contributed by atoms with E-state index in [1.54, 1.807) is 55.8 Å². The van der Waals surface area contributed by atoms with Crippen molar-refractivity contribution >= 4 is 17.6 Å². The summed E-state index contributed by atoms with van der Waals surface area (Å²) in [6.45, 7) is 6.80.